The van der Waals surface area contributed by atoms with E-state index in [1.807, 2.05) is 0 Å². The molecule has 0 aromatic heterocycles. The Morgan fingerprint density at radius 3 is 2.28 bits per heavy atom. The van der Waals surface area contributed by atoms with Crippen molar-refractivity contribution < 1.29 is 23.9 Å². The van der Waals surface area contributed by atoms with E-state index in [2.05, 4.69) is 5.32 Å². The third-order valence-electron chi connectivity index (χ3n) is 4.30. The lowest BCUT2D eigenvalue weighted by molar-refractivity contribution is -0.129. The molecule has 2 aromatic carbocycles. The molecule has 0 radical (unpaired) electrons. The minimum absolute atomic E-state index is 0.0688. The molecular formula is C22H26N2O5. The summed E-state index contributed by atoms with van der Waals surface area (Å²) in [6.07, 6.45) is 0.145. The van der Waals surface area contributed by atoms with Crippen LogP contribution in [0.15, 0.2) is 48.5 Å². The highest BCUT2D eigenvalue weighted by Crippen LogP contribution is 2.17. The minimum atomic E-state index is -0.229. The average Bonchev–Trinajstić information content (AvgIpc) is 2.70. The molecule has 0 fully saturated rings. The lowest BCUT2D eigenvalue weighted by atomic mass is 10.1. The summed E-state index contributed by atoms with van der Waals surface area (Å²) in [5.74, 6) is 0.989. The van der Waals surface area contributed by atoms with Crippen LogP contribution in [-0.4, -0.2) is 49.3 Å². The van der Waals surface area contributed by atoms with Gasteiger partial charge in [0.1, 0.15) is 18.1 Å². The summed E-state index contributed by atoms with van der Waals surface area (Å²) in [4.78, 5) is 37.0. The number of carbonyl (C=O) groups is 3. The summed E-state index contributed by atoms with van der Waals surface area (Å²) in [6, 6.07) is 13.9. The second kappa shape index (κ2) is 10.8. The monoisotopic (exact) mass is 398 g/mol. The van der Waals surface area contributed by atoms with E-state index in [0.717, 1.165) is 5.75 Å². The van der Waals surface area contributed by atoms with Gasteiger partial charge in [0.15, 0.2) is 5.78 Å². The van der Waals surface area contributed by atoms with E-state index < -0.39 is 0 Å². The Hall–Kier alpha value is -3.35. The van der Waals surface area contributed by atoms with Gasteiger partial charge in [0.2, 0.25) is 11.8 Å². The fourth-order valence-electron chi connectivity index (χ4n) is 2.65. The molecule has 0 aliphatic carbocycles. The van der Waals surface area contributed by atoms with Gasteiger partial charge in [0, 0.05) is 31.1 Å². The number of rotatable bonds is 10. The maximum Gasteiger partial charge on any atom is 0.226 e. The Morgan fingerprint density at radius 2 is 1.66 bits per heavy atom. The third kappa shape index (κ3) is 7.29. The van der Waals surface area contributed by atoms with Gasteiger partial charge in [0.25, 0.3) is 0 Å². The largest absolute Gasteiger partial charge is 0.497 e. The zero-order valence-corrected chi connectivity index (χ0v) is 16.9. The summed E-state index contributed by atoms with van der Waals surface area (Å²) in [5.41, 5.74) is 1.09. The molecule has 0 aliphatic rings. The highest BCUT2D eigenvalue weighted by Gasteiger charge is 2.12. The number of benzene rings is 2. The molecule has 0 unspecified atom stereocenters. The van der Waals surface area contributed by atoms with Crippen LogP contribution in [0, 0.1) is 0 Å². The van der Waals surface area contributed by atoms with Gasteiger partial charge in [-0.05, 0) is 43.3 Å². The SMILES string of the molecule is COc1ccc(OCCN(CCC(=O)Nc2cccc(C(C)=O)c2)C(C)=O)cc1. The number of hydrogen-bond acceptors (Lipinski definition) is 5. The predicted molar refractivity (Wildman–Crippen MR) is 110 cm³/mol. The van der Waals surface area contributed by atoms with Crippen molar-refractivity contribution in [2.75, 3.05) is 32.1 Å². The molecule has 0 bridgehead atoms. The van der Waals surface area contributed by atoms with Crippen molar-refractivity contribution in [1.82, 2.24) is 4.90 Å². The van der Waals surface area contributed by atoms with Crippen LogP contribution in [0.2, 0.25) is 0 Å². The molecule has 0 aliphatic heterocycles. The molecule has 2 amide bonds. The first-order valence-corrected chi connectivity index (χ1v) is 9.32. The van der Waals surface area contributed by atoms with E-state index in [1.165, 1.54) is 13.8 Å². The molecule has 7 heteroatoms. The van der Waals surface area contributed by atoms with Gasteiger partial charge in [0.05, 0.1) is 13.7 Å². The number of ether oxygens (including phenoxy) is 2. The van der Waals surface area contributed by atoms with Gasteiger partial charge in [-0.2, -0.15) is 0 Å². The van der Waals surface area contributed by atoms with Crippen molar-refractivity contribution in [3.05, 3.63) is 54.1 Å². The number of Topliss-reactive ketones (excluding diaryl/α,β-unsaturated/α-hetero) is 1. The van der Waals surface area contributed by atoms with E-state index in [-0.39, 0.29) is 30.6 Å². The molecule has 1 N–H and O–H groups in total. The van der Waals surface area contributed by atoms with Crippen molar-refractivity contribution in [2.24, 2.45) is 0 Å². The number of anilines is 1. The first-order valence-electron chi connectivity index (χ1n) is 9.32. The van der Waals surface area contributed by atoms with E-state index >= 15 is 0 Å². The van der Waals surface area contributed by atoms with E-state index in [4.69, 9.17) is 9.47 Å². The number of carbonyl (C=O) groups excluding carboxylic acids is 3. The average molecular weight is 398 g/mol. The molecule has 154 valence electrons. The van der Waals surface area contributed by atoms with Crippen LogP contribution < -0.4 is 14.8 Å². The van der Waals surface area contributed by atoms with Crippen molar-refractivity contribution in [3.63, 3.8) is 0 Å². The van der Waals surface area contributed by atoms with E-state index in [1.54, 1.807) is 60.5 Å². The zero-order chi connectivity index (χ0) is 21.2. The highest BCUT2D eigenvalue weighted by molar-refractivity contribution is 5.97. The molecule has 0 saturated heterocycles. The zero-order valence-electron chi connectivity index (χ0n) is 16.9. The summed E-state index contributed by atoms with van der Waals surface area (Å²) >= 11 is 0. The first kappa shape index (κ1) is 21.9. The summed E-state index contributed by atoms with van der Waals surface area (Å²) in [7, 11) is 1.59. The molecule has 0 atom stereocenters. The van der Waals surface area contributed by atoms with Gasteiger partial charge in [-0.1, -0.05) is 12.1 Å². The van der Waals surface area contributed by atoms with Crippen LogP contribution >= 0.6 is 0 Å². The molecule has 0 heterocycles. The maximum absolute atomic E-state index is 12.2. The molecule has 29 heavy (non-hydrogen) atoms. The smallest absolute Gasteiger partial charge is 0.226 e. The van der Waals surface area contributed by atoms with Crippen LogP contribution in [0.5, 0.6) is 11.5 Å². The summed E-state index contributed by atoms with van der Waals surface area (Å²) < 4.78 is 10.7. The quantitative estimate of drug-likeness (QED) is 0.622. The van der Waals surface area contributed by atoms with Crippen LogP contribution in [0.3, 0.4) is 0 Å². The van der Waals surface area contributed by atoms with Crippen molar-refractivity contribution >= 4 is 23.3 Å². The van der Waals surface area contributed by atoms with Crippen molar-refractivity contribution in [1.29, 1.82) is 0 Å². The topological polar surface area (TPSA) is 84.9 Å². The Labute approximate surface area is 170 Å². The second-order valence-corrected chi connectivity index (χ2v) is 6.47. The van der Waals surface area contributed by atoms with Gasteiger partial charge >= 0.3 is 0 Å². The summed E-state index contributed by atoms with van der Waals surface area (Å²) in [5, 5.41) is 2.75. The van der Waals surface area contributed by atoms with Crippen LogP contribution in [0.25, 0.3) is 0 Å². The number of hydrogen-bond donors (Lipinski definition) is 1. The molecule has 0 spiro atoms. The normalized spacial score (nSPS) is 10.2. The van der Waals surface area contributed by atoms with E-state index in [0.29, 0.717) is 30.2 Å². The van der Waals surface area contributed by atoms with Crippen LogP contribution in [0.1, 0.15) is 30.6 Å². The Bertz CT molecular complexity index is 849. The lowest BCUT2D eigenvalue weighted by Gasteiger charge is -2.21. The van der Waals surface area contributed by atoms with E-state index in [9.17, 15) is 14.4 Å². The Kier molecular flexibility index (Phi) is 8.21. The number of ketones is 1. The fourth-order valence-corrected chi connectivity index (χ4v) is 2.65. The van der Waals surface area contributed by atoms with Crippen LogP contribution in [-0.2, 0) is 9.59 Å². The standard InChI is InChI=1S/C22H26N2O5/c1-16(25)18-5-4-6-19(15-18)23-22(27)11-12-24(17(2)26)13-14-29-21-9-7-20(28-3)8-10-21/h4-10,15H,11-14H2,1-3H3,(H,23,27). The molecule has 2 rings (SSSR count). The number of methoxy groups -OCH3 is 1. The number of amides is 2. The lowest BCUT2D eigenvalue weighted by Crippen LogP contribution is -2.35. The molecule has 2 aromatic rings. The Balaban J connectivity index is 1.80. The fraction of sp³-hybridized carbons (Fsp3) is 0.318. The predicted octanol–water partition coefficient (Wildman–Crippen LogP) is 3.15. The minimum Gasteiger partial charge on any atom is -0.497 e. The van der Waals surface area contributed by atoms with Crippen LogP contribution in [0.4, 0.5) is 5.69 Å². The molecule has 7 nitrogen and oxygen atoms in total. The first-order chi connectivity index (χ1) is 13.9. The van der Waals surface area contributed by atoms with Crippen molar-refractivity contribution in [3.8, 4) is 11.5 Å². The Morgan fingerprint density at radius 1 is 0.966 bits per heavy atom. The maximum atomic E-state index is 12.2. The molecule has 0 saturated carbocycles. The van der Waals surface area contributed by atoms with Gasteiger partial charge < -0.3 is 19.7 Å². The van der Waals surface area contributed by atoms with Crippen molar-refractivity contribution in [2.45, 2.75) is 20.3 Å². The highest BCUT2D eigenvalue weighted by atomic mass is 16.5. The third-order valence-corrected chi connectivity index (χ3v) is 4.30. The number of nitrogens with zero attached hydrogens (tertiary/aromatic N) is 1. The molecular weight excluding hydrogens is 372 g/mol. The number of nitrogens with one attached hydrogen (secondary N) is 1. The summed E-state index contributed by atoms with van der Waals surface area (Å²) in [6.45, 7) is 3.89. The van der Waals surface area contributed by atoms with Gasteiger partial charge in [-0.3, -0.25) is 14.4 Å². The second-order valence-electron chi connectivity index (χ2n) is 6.47. The van der Waals surface area contributed by atoms with Gasteiger partial charge in [-0.15, -0.1) is 0 Å². The van der Waals surface area contributed by atoms with Gasteiger partial charge in [-0.25, -0.2) is 0 Å².